The molecule has 1 aromatic carbocycles. The average molecular weight is 373 g/mol. The van der Waals surface area contributed by atoms with Gasteiger partial charge in [0.05, 0.1) is 11.3 Å². The molecule has 0 spiro atoms. The standard InChI is InChI=1S/C21H31N3O3/c1-2-3-4-5-6-7-10-15-22-19(25)14-13-18-21(27)23-17-12-9-8-11-16(17)20(26)24-18/h8-9,11-12,18H,2-7,10,13-15H2,1H3,(H,22,25)(H,23,27)(H,24,26)/t18-/m0/s1. The van der Waals surface area contributed by atoms with E-state index < -0.39 is 6.04 Å². The zero-order valence-corrected chi connectivity index (χ0v) is 16.2. The topological polar surface area (TPSA) is 87.3 Å². The predicted octanol–water partition coefficient (Wildman–Crippen LogP) is 3.38. The number of hydrogen-bond acceptors (Lipinski definition) is 3. The Labute approximate surface area is 161 Å². The maximum Gasteiger partial charge on any atom is 0.254 e. The smallest absolute Gasteiger partial charge is 0.254 e. The SMILES string of the molecule is CCCCCCCCCNC(=O)CC[C@@H]1NC(=O)c2ccccc2NC1=O. The molecule has 1 heterocycles. The Balaban J connectivity index is 1.65. The van der Waals surface area contributed by atoms with Gasteiger partial charge in [0.2, 0.25) is 11.8 Å². The van der Waals surface area contributed by atoms with Crippen LogP contribution in [0.1, 0.15) is 75.1 Å². The van der Waals surface area contributed by atoms with Crippen molar-refractivity contribution in [3.8, 4) is 0 Å². The van der Waals surface area contributed by atoms with E-state index in [2.05, 4.69) is 22.9 Å². The summed E-state index contributed by atoms with van der Waals surface area (Å²) >= 11 is 0. The van der Waals surface area contributed by atoms with Gasteiger partial charge >= 0.3 is 0 Å². The van der Waals surface area contributed by atoms with Crippen LogP contribution in [0.4, 0.5) is 5.69 Å². The normalized spacial score (nSPS) is 16.1. The van der Waals surface area contributed by atoms with E-state index in [0.29, 0.717) is 17.8 Å². The fourth-order valence-electron chi connectivity index (χ4n) is 3.19. The molecule has 0 saturated carbocycles. The summed E-state index contributed by atoms with van der Waals surface area (Å²) in [7, 11) is 0. The molecule has 1 aliphatic heterocycles. The average Bonchev–Trinajstić information content (AvgIpc) is 2.78. The zero-order chi connectivity index (χ0) is 19.5. The molecule has 0 unspecified atom stereocenters. The highest BCUT2D eigenvalue weighted by Gasteiger charge is 2.27. The number of fused-ring (bicyclic) bond motifs is 1. The Kier molecular flexibility index (Phi) is 8.81. The molecule has 3 N–H and O–H groups in total. The van der Waals surface area contributed by atoms with Crippen molar-refractivity contribution in [1.82, 2.24) is 10.6 Å². The first-order chi connectivity index (χ1) is 13.1. The third-order valence-corrected chi connectivity index (χ3v) is 4.81. The first-order valence-electron chi connectivity index (χ1n) is 10.1. The number of nitrogens with one attached hydrogen (secondary N) is 3. The van der Waals surface area contributed by atoms with E-state index in [1.54, 1.807) is 24.3 Å². The summed E-state index contributed by atoms with van der Waals surface area (Å²) in [5, 5.41) is 8.36. The summed E-state index contributed by atoms with van der Waals surface area (Å²) in [6.07, 6.45) is 8.93. The highest BCUT2D eigenvalue weighted by atomic mass is 16.2. The van der Waals surface area contributed by atoms with E-state index in [4.69, 9.17) is 0 Å². The van der Waals surface area contributed by atoms with Crippen molar-refractivity contribution >= 4 is 23.4 Å². The summed E-state index contributed by atoms with van der Waals surface area (Å²) in [5.74, 6) is -0.657. The number of carbonyl (C=O) groups excluding carboxylic acids is 3. The van der Waals surface area contributed by atoms with Crippen LogP contribution < -0.4 is 16.0 Å². The van der Waals surface area contributed by atoms with Gasteiger partial charge in [-0.05, 0) is 25.0 Å². The van der Waals surface area contributed by atoms with Gasteiger partial charge in [-0.25, -0.2) is 0 Å². The van der Waals surface area contributed by atoms with Gasteiger partial charge in [0, 0.05) is 13.0 Å². The second-order valence-corrected chi connectivity index (χ2v) is 7.07. The molecule has 0 fully saturated rings. The fraction of sp³-hybridized carbons (Fsp3) is 0.571. The lowest BCUT2D eigenvalue weighted by molar-refractivity contribution is -0.121. The van der Waals surface area contributed by atoms with E-state index in [0.717, 1.165) is 12.8 Å². The van der Waals surface area contributed by atoms with E-state index in [1.165, 1.54) is 32.1 Å². The molecular formula is C21H31N3O3. The van der Waals surface area contributed by atoms with Gasteiger partial charge in [0.25, 0.3) is 5.91 Å². The minimum atomic E-state index is -0.700. The molecule has 0 radical (unpaired) electrons. The number of amides is 3. The molecule has 0 bridgehead atoms. The Morgan fingerprint density at radius 3 is 2.52 bits per heavy atom. The Hall–Kier alpha value is -2.37. The molecule has 1 aromatic rings. The van der Waals surface area contributed by atoms with E-state index in [-0.39, 0.29) is 30.6 Å². The Morgan fingerprint density at radius 1 is 1.04 bits per heavy atom. The van der Waals surface area contributed by atoms with Crippen molar-refractivity contribution in [3.63, 3.8) is 0 Å². The maximum atomic E-state index is 12.3. The lowest BCUT2D eigenvalue weighted by Gasteiger charge is -2.14. The summed E-state index contributed by atoms with van der Waals surface area (Å²) in [6.45, 7) is 2.87. The minimum absolute atomic E-state index is 0.0789. The van der Waals surface area contributed by atoms with Crippen molar-refractivity contribution in [2.75, 3.05) is 11.9 Å². The van der Waals surface area contributed by atoms with Crippen LogP contribution in [0.3, 0.4) is 0 Å². The van der Waals surface area contributed by atoms with Gasteiger partial charge in [-0.1, -0.05) is 57.6 Å². The summed E-state index contributed by atoms with van der Waals surface area (Å²) in [4.78, 5) is 36.5. The van der Waals surface area contributed by atoms with Gasteiger partial charge in [-0.15, -0.1) is 0 Å². The molecular weight excluding hydrogens is 342 g/mol. The van der Waals surface area contributed by atoms with E-state index >= 15 is 0 Å². The monoisotopic (exact) mass is 373 g/mol. The van der Waals surface area contributed by atoms with Crippen molar-refractivity contribution in [2.24, 2.45) is 0 Å². The second-order valence-electron chi connectivity index (χ2n) is 7.07. The predicted molar refractivity (Wildman–Crippen MR) is 107 cm³/mol. The van der Waals surface area contributed by atoms with Crippen LogP contribution >= 0.6 is 0 Å². The third-order valence-electron chi connectivity index (χ3n) is 4.81. The maximum absolute atomic E-state index is 12.3. The molecule has 6 nitrogen and oxygen atoms in total. The molecule has 1 aliphatic rings. The second kappa shape index (κ2) is 11.4. The van der Waals surface area contributed by atoms with Gasteiger partial charge in [-0.2, -0.15) is 0 Å². The van der Waals surface area contributed by atoms with Crippen LogP contribution in [-0.4, -0.2) is 30.3 Å². The summed E-state index contributed by atoms with van der Waals surface area (Å²) in [5.41, 5.74) is 0.947. The third kappa shape index (κ3) is 7.04. The number of hydrogen-bond donors (Lipinski definition) is 3. The van der Waals surface area contributed by atoms with E-state index in [9.17, 15) is 14.4 Å². The number of para-hydroxylation sites is 1. The van der Waals surface area contributed by atoms with Crippen molar-refractivity contribution in [3.05, 3.63) is 29.8 Å². The van der Waals surface area contributed by atoms with Gasteiger partial charge in [0.15, 0.2) is 0 Å². The van der Waals surface area contributed by atoms with Crippen molar-refractivity contribution in [1.29, 1.82) is 0 Å². The first kappa shape index (κ1) is 20.9. The lowest BCUT2D eigenvalue weighted by atomic mass is 10.1. The van der Waals surface area contributed by atoms with Crippen LogP contribution in [0, 0.1) is 0 Å². The summed E-state index contributed by atoms with van der Waals surface area (Å²) in [6, 6.07) is 6.19. The van der Waals surface area contributed by atoms with Crippen LogP contribution in [-0.2, 0) is 9.59 Å². The van der Waals surface area contributed by atoms with Crippen molar-refractivity contribution in [2.45, 2.75) is 70.8 Å². The zero-order valence-electron chi connectivity index (χ0n) is 16.2. The Bertz CT molecular complexity index is 645. The minimum Gasteiger partial charge on any atom is -0.356 e. The van der Waals surface area contributed by atoms with Crippen molar-refractivity contribution < 1.29 is 14.4 Å². The molecule has 0 saturated heterocycles. The summed E-state index contributed by atoms with van der Waals surface area (Å²) < 4.78 is 0. The fourth-order valence-corrected chi connectivity index (χ4v) is 3.19. The van der Waals surface area contributed by atoms with Crippen LogP contribution in [0.5, 0.6) is 0 Å². The van der Waals surface area contributed by atoms with Gasteiger partial charge < -0.3 is 16.0 Å². The number of rotatable bonds is 11. The number of benzene rings is 1. The van der Waals surface area contributed by atoms with Crippen LogP contribution in [0.15, 0.2) is 24.3 Å². The molecule has 1 atom stereocenters. The molecule has 3 amide bonds. The quantitative estimate of drug-likeness (QED) is 0.520. The number of carbonyl (C=O) groups is 3. The molecule has 0 aliphatic carbocycles. The van der Waals surface area contributed by atoms with E-state index in [1.807, 2.05) is 0 Å². The van der Waals surface area contributed by atoms with Gasteiger partial charge in [-0.3, -0.25) is 14.4 Å². The number of unbranched alkanes of at least 4 members (excludes halogenated alkanes) is 6. The highest BCUT2D eigenvalue weighted by Crippen LogP contribution is 2.19. The molecule has 0 aromatic heterocycles. The Morgan fingerprint density at radius 2 is 1.74 bits per heavy atom. The van der Waals surface area contributed by atoms with Crippen LogP contribution in [0.2, 0.25) is 0 Å². The molecule has 27 heavy (non-hydrogen) atoms. The van der Waals surface area contributed by atoms with Gasteiger partial charge in [0.1, 0.15) is 6.04 Å². The lowest BCUT2D eigenvalue weighted by Crippen LogP contribution is -2.42. The molecule has 6 heteroatoms. The molecule has 2 rings (SSSR count). The van der Waals surface area contributed by atoms with Crippen LogP contribution in [0.25, 0.3) is 0 Å². The number of anilines is 1. The first-order valence-corrected chi connectivity index (χ1v) is 10.1. The highest BCUT2D eigenvalue weighted by molar-refractivity contribution is 6.09. The molecule has 148 valence electrons. The largest absolute Gasteiger partial charge is 0.356 e.